The van der Waals surface area contributed by atoms with E-state index >= 15 is 0 Å². The molecule has 134 valence electrons. The molecule has 2 aliphatic heterocycles. The summed E-state index contributed by atoms with van der Waals surface area (Å²) in [5, 5.41) is 22.9. The van der Waals surface area contributed by atoms with Crippen molar-refractivity contribution in [2.75, 3.05) is 0 Å². The number of fused-ring (bicyclic) bond motifs is 1. The maximum absolute atomic E-state index is 12.4. The fourth-order valence-electron chi connectivity index (χ4n) is 3.24. The third kappa shape index (κ3) is 2.83. The van der Waals surface area contributed by atoms with E-state index in [4.69, 9.17) is 0 Å². The van der Waals surface area contributed by atoms with Gasteiger partial charge in [-0.15, -0.1) is 11.8 Å². The van der Waals surface area contributed by atoms with Crippen LogP contribution >= 0.6 is 11.8 Å². The monoisotopic (exact) mass is 365 g/mol. The zero-order chi connectivity index (χ0) is 18.5. The van der Waals surface area contributed by atoms with Gasteiger partial charge in [0.05, 0.1) is 12.0 Å². The Labute approximate surface area is 148 Å². The lowest BCUT2D eigenvalue weighted by Gasteiger charge is -2.45. The minimum atomic E-state index is -1.29. The number of aliphatic carboxylic acids is 1. The highest BCUT2D eigenvalue weighted by atomic mass is 32.2. The maximum Gasteiger partial charge on any atom is 0.283 e. The molecule has 0 bridgehead atoms. The number of amides is 2. The van der Waals surface area contributed by atoms with Crippen molar-refractivity contribution in [2.24, 2.45) is 0 Å². The third-order valence-electron chi connectivity index (χ3n) is 4.57. The van der Waals surface area contributed by atoms with Crippen LogP contribution in [0.1, 0.15) is 25.5 Å². The van der Waals surface area contributed by atoms with Crippen LogP contribution < -0.4 is 16.2 Å². The minimum absolute atomic E-state index is 0.0825. The van der Waals surface area contributed by atoms with Gasteiger partial charge in [0.1, 0.15) is 17.2 Å². The van der Waals surface area contributed by atoms with Crippen molar-refractivity contribution in [3.8, 4) is 5.75 Å². The van der Waals surface area contributed by atoms with Crippen LogP contribution in [-0.2, 0) is 14.4 Å². The van der Waals surface area contributed by atoms with Gasteiger partial charge in [-0.2, -0.15) is 0 Å². The lowest BCUT2D eigenvalue weighted by molar-refractivity contribution is -0.409. The number of hydrogen-bond acceptors (Lipinski definition) is 6. The van der Waals surface area contributed by atoms with Crippen LogP contribution in [0.2, 0.25) is 0 Å². The van der Waals surface area contributed by atoms with Crippen molar-refractivity contribution in [2.45, 2.75) is 42.1 Å². The van der Waals surface area contributed by atoms with Crippen LogP contribution in [-0.4, -0.2) is 50.0 Å². The molecule has 8 nitrogen and oxygen atoms in total. The zero-order valence-corrected chi connectivity index (χ0v) is 14.6. The smallest absolute Gasteiger partial charge is 0.283 e. The SMILES string of the molecule is CC1(C)S[C@@H]2[C@@H](NC(=O)[C@@H]([NH3+])c3ccc(O)cc3)C(=O)N2[C@H]1C(=O)[O-]. The second kappa shape index (κ2) is 5.92. The van der Waals surface area contributed by atoms with Crippen LogP contribution in [0.5, 0.6) is 5.75 Å². The Kier molecular flexibility index (Phi) is 4.16. The van der Waals surface area contributed by atoms with Gasteiger partial charge < -0.3 is 31.0 Å². The predicted molar refractivity (Wildman–Crippen MR) is 86.8 cm³/mol. The van der Waals surface area contributed by atoms with Crippen molar-refractivity contribution in [1.29, 1.82) is 0 Å². The highest BCUT2D eigenvalue weighted by Gasteiger charge is 2.62. The van der Waals surface area contributed by atoms with Crippen LogP contribution in [0.15, 0.2) is 24.3 Å². The number of β-lactam (4-membered cyclic amide) rings is 1. The quantitative estimate of drug-likeness (QED) is 0.526. The van der Waals surface area contributed by atoms with Crippen LogP contribution in [0.3, 0.4) is 0 Å². The van der Waals surface area contributed by atoms with Gasteiger partial charge in [0.25, 0.3) is 5.91 Å². The first-order valence-electron chi connectivity index (χ1n) is 7.76. The van der Waals surface area contributed by atoms with E-state index in [1.54, 1.807) is 26.0 Å². The van der Waals surface area contributed by atoms with Gasteiger partial charge in [-0.1, -0.05) is 0 Å². The number of carbonyl (C=O) groups excluding carboxylic acids is 3. The molecule has 2 aliphatic rings. The fraction of sp³-hybridized carbons (Fsp3) is 0.438. The van der Waals surface area contributed by atoms with Crippen molar-refractivity contribution in [3.05, 3.63) is 29.8 Å². The molecule has 2 fully saturated rings. The molecule has 3 rings (SSSR count). The number of phenols is 1. The van der Waals surface area contributed by atoms with Gasteiger partial charge in [-0.3, -0.25) is 9.59 Å². The highest BCUT2D eigenvalue weighted by molar-refractivity contribution is 8.01. The summed E-state index contributed by atoms with van der Waals surface area (Å²) in [5.41, 5.74) is 4.40. The second-order valence-electron chi connectivity index (χ2n) is 6.71. The number of quaternary nitrogens is 1. The standard InChI is InChI=1S/C16H19N3O5S/c1-16(2)11(15(23)24)19-13(22)10(14(19)25-16)18-12(21)9(17)7-3-5-8(20)6-4-7/h3-6,9-11,14,20H,17H2,1-2H3,(H,18,21)(H,23,24)/t9-,10-,11-,14+/m0/s1. The maximum atomic E-state index is 12.4. The molecule has 0 saturated carbocycles. The zero-order valence-electron chi connectivity index (χ0n) is 13.8. The average Bonchev–Trinajstić information content (AvgIpc) is 2.80. The first kappa shape index (κ1) is 17.6. The highest BCUT2D eigenvalue weighted by Crippen LogP contribution is 2.50. The summed E-state index contributed by atoms with van der Waals surface area (Å²) in [6.45, 7) is 3.48. The number of aromatic hydroxyl groups is 1. The van der Waals surface area contributed by atoms with Crippen molar-refractivity contribution in [3.63, 3.8) is 0 Å². The largest absolute Gasteiger partial charge is 0.548 e. The van der Waals surface area contributed by atoms with Crippen molar-refractivity contribution < 1.29 is 30.3 Å². The van der Waals surface area contributed by atoms with Crippen molar-refractivity contribution >= 4 is 29.5 Å². The first-order chi connectivity index (χ1) is 11.6. The Hall–Kier alpha value is -2.26. The number of thioether (sulfide) groups is 1. The van der Waals surface area contributed by atoms with Crippen LogP contribution in [0.25, 0.3) is 0 Å². The number of benzene rings is 1. The van der Waals surface area contributed by atoms with E-state index in [1.807, 2.05) is 0 Å². The lowest BCUT2D eigenvalue weighted by Crippen LogP contribution is -2.73. The molecule has 9 heteroatoms. The summed E-state index contributed by atoms with van der Waals surface area (Å²) in [6, 6.07) is 3.53. The van der Waals surface area contributed by atoms with Gasteiger partial charge in [-0.25, -0.2) is 0 Å². The number of nitrogens with zero attached hydrogens (tertiary/aromatic N) is 1. The normalized spacial score (nSPS) is 28.0. The number of nitrogens with one attached hydrogen (secondary N) is 1. The molecular weight excluding hydrogens is 346 g/mol. The molecule has 0 spiro atoms. The molecule has 4 atom stereocenters. The number of rotatable bonds is 4. The number of hydrogen-bond donors (Lipinski definition) is 3. The summed E-state index contributed by atoms with van der Waals surface area (Å²) in [5.74, 6) is -2.07. The van der Waals surface area contributed by atoms with E-state index < -0.39 is 46.0 Å². The topological polar surface area (TPSA) is 137 Å². The summed E-state index contributed by atoms with van der Waals surface area (Å²) in [7, 11) is 0. The third-order valence-corrected chi connectivity index (χ3v) is 6.15. The number of carboxylic acid groups (broad SMARTS) is 1. The van der Waals surface area contributed by atoms with E-state index in [-0.39, 0.29) is 5.75 Å². The molecule has 0 aromatic heterocycles. The molecule has 2 saturated heterocycles. The number of carbonyl (C=O) groups is 3. The summed E-state index contributed by atoms with van der Waals surface area (Å²) in [6.07, 6.45) is 0. The van der Waals surface area contributed by atoms with Gasteiger partial charge in [-0.05, 0) is 38.1 Å². The lowest BCUT2D eigenvalue weighted by atomic mass is 9.95. The van der Waals surface area contributed by atoms with E-state index in [9.17, 15) is 24.6 Å². The van der Waals surface area contributed by atoms with E-state index in [0.717, 1.165) is 0 Å². The average molecular weight is 365 g/mol. The first-order valence-corrected chi connectivity index (χ1v) is 8.64. The summed E-state index contributed by atoms with van der Waals surface area (Å²) in [4.78, 5) is 37.4. The Morgan fingerprint density at radius 3 is 2.52 bits per heavy atom. The van der Waals surface area contributed by atoms with Gasteiger partial charge >= 0.3 is 0 Å². The van der Waals surface area contributed by atoms with Gasteiger partial charge in [0, 0.05) is 10.3 Å². The van der Waals surface area contributed by atoms with E-state index in [2.05, 4.69) is 11.1 Å². The van der Waals surface area contributed by atoms with Crippen molar-refractivity contribution in [1.82, 2.24) is 10.2 Å². The Bertz CT molecular complexity index is 736. The van der Waals surface area contributed by atoms with E-state index in [1.165, 1.54) is 28.8 Å². The Balaban J connectivity index is 1.70. The fourth-order valence-corrected chi connectivity index (χ4v) is 4.86. The molecule has 1 aromatic carbocycles. The molecule has 5 N–H and O–H groups in total. The number of phenolic OH excluding ortho intramolecular Hbond substituents is 1. The Morgan fingerprint density at radius 2 is 1.96 bits per heavy atom. The predicted octanol–water partition coefficient (Wildman–Crippen LogP) is -2.03. The van der Waals surface area contributed by atoms with Gasteiger partial charge in [0.2, 0.25) is 5.91 Å². The molecule has 2 amide bonds. The molecule has 0 aliphatic carbocycles. The molecular formula is C16H19N3O5S. The summed E-state index contributed by atoms with van der Waals surface area (Å²) < 4.78 is -0.695. The molecule has 1 aromatic rings. The molecule has 2 heterocycles. The van der Waals surface area contributed by atoms with Crippen LogP contribution in [0, 0.1) is 0 Å². The second-order valence-corrected chi connectivity index (χ2v) is 8.48. The molecule has 0 radical (unpaired) electrons. The molecule has 25 heavy (non-hydrogen) atoms. The number of carboxylic acids is 1. The van der Waals surface area contributed by atoms with Crippen LogP contribution in [0.4, 0.5) is 0 Å². The minimum Gasteiger partial charge on any atom is -0.548 e. The Morgan fingerprint density at radius 1 is 1.36 bits per heavy atom. The van der Waals surface area contributed by atoms with Gasteiger partial charge in [0.15, 0.2) is 6.04 Å². The molecule has 0 unspecified atom stereocenters. The summed E-state index contributed by atoms with van der Waals surface area (Å²) >= 11 is 1.33. The van der Waals surface area contributed by atoms with E-state index in [0.29, 0.717) is 5.56 Å².